The summed E-state index contributed by atoms with van der Waals surface area (Å²) in [5, 5.41) is 3.15. The van der Waals surface area contributed by atoms with Crippen LogP contribution in [0.3, 0.4) is 0 Å². The van der Waals surface area contributed by atoms with Gasteiger partial charge in [-0.3, -0.25) is 0 Å². The molecule has 5 heteroatoms. The molecule has 2 aliphatic heterocycles. The van der Waals surface area contributed by atoms with Crippen molar-refractivity contribution in [2.24, 2.45) is 5.18 Å². The molecular weight excluding hydrogens is 256 g/mol. The molecule has 2 atom stereocenters. The van der Waals surface area contributed by atoms with Crippen molar-refractivity contribution in [2.75, 3.05) is 0 Å². The highest BCUT2D eigenvalue weighted by Gasteiger charge is 2.44. The molecule has 5 nitrogen and oxygen atoms in total. The van der Waals surface area contributed by atoms with Crippen LogP contribution < -0.4 is 0 Å². The van der Waals surface area contributed by atoms with E-state index in [1.165, 1.54) is 0 Å². The SMILES string of the molecule is O=NC1CC2CCC(C1)N2C(=O)OCc1ccccc1. The van der Waals surface area contributed by atoms with Crippen molar-refractivity contribution >= 4 is 6.09 Å². The highest BCUT2D eigenvalue weighted by molar-refractivity contribution is 5.69. The Bertz CT molecular complexity index is 477. The second-order valence-corrected chi connectivity index (χ2v) is 5.56. The Balaban J connectivity index is 1.59. The second-order valence-electron chi connectivity index (χ2n) is 5.56. The number of hydrogen-bond acceptors (Lipinski definition) is 4. The second kappa shape index (κ2) is 5.61. The van der Waals surface area contributed by atoms with E-state index in [0.717, 1.165) is 18.4 Å². The zero-order valence-electron chi connectivity index (χ0n) is 11.3. The Morgan fingerprint density at radius 2 is 1.85 bits per heavy atom. The molecule has 2 heterocycles. The number of rotatable bonds is 3. The standard InChI is InChI=1S/C15H18N2O3/c18-15(20-10-11-4-2-1-3-5-11)17-13-6-7-14(17)9-12(8-13)16-19/h1-5,12-14H,6-10H2. The molecule has 0 N–H and O–H groups in total. The lowest BCUT2D eigenvalue weighted by atomic mass is 9.99. The van der Waals surface area contributed by atoms with Crippen LogP contribution in [0.1, 0.15) is 31.2 Å². The molecule has 0 radical (unpaired) electrons. The summed E-state index contributed by atoms with van der Waals surface area (Å²) in [6, 6.07) is 9.77. The predicted octanol–water partition coefficient (Wildman–Crippen LogP) is 3.09. The van der Waals surface area contributed by atoms with Gasteiger partial charge in [0.15, 0.2) is 0 Å². The molecule has 2 fully saturated rings. The van der Waals surface area contributed by atoms with E-state index < -0.39 is 0 Å². The zero-order valence-corrected chi connectivity index (χ0v) is 11.3. The number of fused-ring (bicyclic) bond motifs is 2. The summed E-state index contributed by atoms with van der Waals surface area (Å²) in [6.07, 6.45) is 3.01. The molecule has 2 aliphatic rings. The van der Waals surface area contributed by atoms with Gasteiger partial charge in [0.1, 0.15) is 6.61 Å². The van der Waals surface area contributed by atoms with E-state index in [0.29, 0.717) is 19.4 Å². The Hall–Kier alpha value is -1.91. The lowest BCUT2D eigenvalue weighted by Crippen LogP contribution is -2.47. The summed E-state index contributed by atoms with van der Waals surface area (Å²) < 4.78 is 5.40. The maximum atomic E-state index is 12.2. The molecule has 1 aromatic rings. The van der Waals surface area contributed by atoms with Gasteiger partial charge in [-0.2, -0.15) is 4.91 Å². The molecule has 2 saturated heterocycles. The van der Waals surface area contributed by atoms with E-state index >= 15 is 0 Å². The Labute approximate surface area is 117 Å². The molecule has 0 aromatic heterocycles. The Kier molecular flexibility index (Phi) is 3.67. The average molecular weight is 274 g/mol. The number of piperidine rings is 1. The molecule has 20 heavy (non-hydrogen) atoms. The van der Waals surface area contributed by atoms with Gasteiger partial charge in [-0.05, 0) is 31.2 Å². The van der Waals surface area contributed by atoms with E-state index in [2.05, 4.69) is 5.18 Å². The van der Waals surface area contributed by atoms with E-state index in [4.69, 9.17) is 4.74 Å². The van der Waals surface area contributed by atoms with Gasteiger partial charge in [-0.25, -0.2) is 4.79 Å². The van der Waals surface area contributed by atoms with Crippen molar-refractivity contribution in [3.8, 4) is 0 Å². The van der Waals surface area contributed by atoms with Gasteiger partial charge in [-0.1, -0.05) is 35.5 Å². The predicted molar refractivity (Wildman–Crippen MR) is 74.1 cm³/mol. The largest absolute Gasteiger partial charge is 0.445 e. The minimum absolute atomic E-state index is 0.125. The van der Waals surface area contributed by atoms with Crippen molar-refractivity contribution in [1.29, 1.82) is 0 Å². The molecular formula is C15H18N2O3. The summed E-state index contributed by atoms with van der Waals surface area (Å²) in [7, 11) is 0. The highest BCUT2D eigenvalue weighted by Crippen LogP contribution is 2.37. The maximum Gasteiger partial charge on any atom is 0.410 e. The molecule has 0 aliphatic carbocycles. The van der Waals surface area contributed by atoms with E-state index in [-0.39, 0.29) is 24.2 Å². The third-order valence-electron chi connectivity index (χ3n) is 4.27. The normalized spacial score (nSPS) is 28.2. The van der Waals surface area contributed by atoms with Gasteiger partial charge < -0.3 is 9.64 Å². The molecule has 0 spiro atoms. The van der Waals surface area contributed by atoms with Gasteiger partial charge >= 0.3 is 6.09 Å². The first-order valence-corrected chi connectivity index (χ1v) is 7.09. The fraction of sp³-hybridized carbons (Fsp3) is 0.533. The molecule has 1 aromatic carbocycles. The molecule has 3 rings (SSSR count). The number of nitroso groups, excluding NO2 is 1. The average Bonchev–Trinajstić information content (AvgIpc) is 2.76. The molecule has 1 amide bonds. The number of ether oxygens (including phenoxy) is 1. The van der Waals surface area contributed by atoms with Gasteiger partial charge in [0.05, 0.1) is 6.04 Å². The minimum atomic E-state index is -0.259. The summed E-state index contributed by atoms with van der Waals surface area (Å²) in [6.45, 7) is 0.297. The van der Waals surface area contributed by atoms with Crippen LogP contribution >= 0.6 is 0 Å². The van der Waals surface area contributed by atoms with Crippen LogP contribution in [0.4, 0.5) is 4.79 Å². The summed E-state index contributed by atoms with van der Waals surface area (Å²) >= 11 is 0. The fourth-order valence-electron chi connectivity index (χ4n) is 3.33. The van der Waals surface area contributed by atoms with Crippen LogP contribution in [0.2, 0.25) is 0 Å². The number of nitrogens with zero attached hydrogens (tertiary/aromatic N) is 2. The van der Waals surface area contributed by atoms with Crippen LogP contribution in [0.15, 0.2) is 35.5 Å². The van der Waals surface area contributed by atoms with Crippen molar-refractivity contribution in [2.45, 2.75) is 50.4 Å². The first-order valence-electron chi connectivity index (χ1n) is 7.09. The number of carbonyl (C=O) groups excluding carboxylic acids is 1. The fourth-order valence-corrected chi connectivity index (χ4v) is 3.33. The third-order valence-corrected chi connectivity index (χ3v) is 4.27. The summed E-state index contributed by atoms with van der Waals surface area (Å²) in [5.74, 6) is 0. The summed E-state index contributed by atoms with van der Waals surface area (Å²) in [4.78, 5) is 24.7. The van der Waals surface area contributed by atoms with Crippen molar-refractivity contribution in [1.82, 2.24) is 4.90 Å². The number of benzene rings is 1. The number of carbonyl (C=O) groups is 1. The minimum Gasteiger partial charge on any atom is -0.445 e. The lowest BCUT2D eigenvalue weighted by Gasteiger charge is -2.35. The van der Waals surface area contributed by atoms with Crippen molar-refractivity contribution in [3.63, 3.8) is 0 Å². The van der Waals surface area contributed by atoms with Crippen LogP contribution in [0.25, 0.3) is 0 Å². The van der Waals surface area contributed by atoms with Crippen LogP contribution in [0.5, 0.6) is 0 Å². The van der Waals surface area contributed by atoms with E-state index in [1.54, 1.807) is 0 Å². The zero-order chi connectivity index (χ0) is 13.9. The van der Waals surface area contributed by atoms with Gasteiger partial charge in [0, 0.05) is 12.1 Å². The lowest BCUT2D eigenvalue weighted by molar-refractivity contribution is 0.0615. The highest BCUT2D eigenvalue weighted by atomic mass is 16.6. The molecule has 2 unspecified atom stereocenters. The summed E-state index contributed by atoms with van der Waals surface area (Å²) in [5.41, 5.74) is 0.984. The van der Waals surface area contributed by atoms with Crippen LogP contribution in [-0.4, -0.2) is 29.1 Å². The van der Waals surface area contributed by atoms with Crippen molar-refractivity contribution < 1.29 is 9.53 Å². The Morgan fingerprint density at radius 3 is 2.45 bits per heavy atom. The molecule has 106 valence electrons. The first-order chi connectivity index (χ1) is 9.78. The van der Waals surface area contributed by atoms with E-state index in [1.807, 2.05) is 35.2 Å². The van der Waals surface area contributed by atoms with Gasteiger partial charge in [0.25, 0.3) is 0 Å². The smallest absolute Gasteiger partial charge is 0.410 e. The molecule has 2 bridgehead atoms. The maximum absolute atomic E-state index is 12.2. The number of amides is 1. The van der Waals surface area contributed by atoms with Crippen molar-refractivity contribution in [3.05, 3.63) is 40.8 Å². The monoisotopic (exact) mass is 274 g/mol. The molecule has 0 saturated carbocycles. The van der Waals surface area contributed by atoms with Crippen LogP contribution in [-0.2, 0) is 11.3 Å². The van der Waals surface area contributed by atoms with Gasteiger partial charge in [-0.15, -0.1) is 0 Å². The van der Waals surface area contributed by atoms with E-state index in [9.17, 15) is 9.70 Å². The van der Waals surface area contributed by atoms with Crippen LogP contribution in [0, 0.1) is 4.91 Å². The Morgan fingerprint density at radius 1 is 1.20 bits per heavy atom. The topological polar surface area (TPSA) is 59.0 Å². The third kappa shape index (κ3) is 2.53. The quantitative estimate of drug-likeness (QED) is 0.796. The first kappa shape index (κ1) is 13.1. The number of hydrogen-bond donors (Lipinski definition) is 0. The van der Waals surface area contributed by atoms with Gasteiger partial charge in [0.2, 0.25) is 0 Å².